The normalized spacial score (nSPS) is 8.17. The van der Waals surface area contributed by atoms with Gasteiger partial charge in [0.25, 0.3) is 0 Å². The van der Waals surface area contributed by atoms with Crippen LogP contribution in [-0.4, -0.2) is 13.3 Å². The molecule has 0 aliphatic carbocycles. The van der Waals surface area contributed by atoms with Crippen LogP contribution in [0.1, 0.15) is 0 Å². The van der Waals surface area contributed by atoms with E-state index < -0.39 is 0 Å². The van der Waals surface area contributed by atoms with E-state index in [2.05, 4.69) is 11.3 Å². The summed E-state index contributed by atoms with van der Waals surface area (Å²) in [5, 5.41) is 0. The molecular formula is C4H9NO. The molecule has 36 valence electrons. The van der Waals surface area contributed by atoms with Crippen LogP contribution < -0.4 is 5.73 Å². The minimum atomic E-state index is 0.284. The van der Waals surface area contributed by atoms with Gasteiger partial charge in [-0.25, -0.2) is 0 Å². The molecule has 2 heteroatoms. The van der Waals surface area contributed by atoms with Crippen LogP contribution in [0.25, 0.3) is 0 Å². The van der Waals surface area contributed by atoms with Gasteiger partial charge in [0.1, 0.15) is 0 Å². The zero-order valence-corrected chi connectivity index (χ0v) is 3.68. The maximum atomic E-state index is 4.94. The average Bonchev–Trinajstić information content (AvgIpc) is 1.61. The van der Waals surface area contributed by atoms with Gasteiger partial charge in [0.05, 0.1) is 13.3 Å². The van der Waals surface area contributed by atoms with Gasteiger partial charge in [0.15, 0.2) is 0 Å². The fourth-order valence-electron chi connectivity index (χ4n) is 0.151. The summed E-state index contributed by atoms with van der Waals surface area (Å²) in [4.78, 5) is 0. The van der Waals surface area contributed by atoms with E-state index in [9.17, 15) is 0 Å². The van der Waals surface area contributed by atoms with E-state index >= 15 is 0 Å². The summed E-state index contributed by atoms with van der Waals surface area (Å²) < 4.78 is 4.64. The third kappa shape index (κ3) is 3.66. The largest absolute Gasteiger partial charge is 0.362 e. The Balaban J connectivity index is 2.49. The molecule has 0 bridgehead atoms. The third-order valence-corrected chi connectivity index (χ3v) is 0.354. The maximum absolute atomic E-state index is 4.94. The first-order valence-electron chi connectivity index (χ1n) is 1.80. The third-order valence-electron chi connectivity index (χ3n) is 0.354. The van der Waals surface area contributed by atoms with E-state index in [0.717, 1.165) is 0 Å². The van der Waals surface area contributed by atoms with E-state index in [-0.39, 0.29) is 6.73 Å². The average molecular weight is 87.1 g/mol. The SMILES string of the molecule is C=CCOCN. The molecule has 2 nitrogen and oxygen atoms in total. The molecule has 0 heterocycles. The molecule has 0 aliphatic rings. The Morgan fingerprint density at radius 2 is 2.50 bits per heavy atom. The smallest absolute Gasteiger partial charge is 0.0944 e. The summed E-state index contributed by atoms with van der Waals surface area (Å²) >= 11 is 0. The zero-order chi connectivity index (χ0) is 4.83. The van der Waals surface area contributed by atoms with Gasteiger partial charge in [-0.3, -0.25) is 0 Å². The molecule has 0 unspecified atom stereocenters. The highest BCUT2D eigenvalue weighted by molar-refractivity contribution is 4.62. The molecule has 0 saturated heterocycles. The van der Waals surface area contributed by atoms with Gasteiger partial charge in [-0.15, -0.1) is 6.58 Å². The molecular weight excluding hydrogens is 78.1 g/mol. The van der Waals surface area contributed by atoms with Crippen molar-refractivity contribution in [3.63, 3.8) is 0 Å². The summed E-state index contributed by atoms with van der Waals surface area (Å²) in [6.07, 6.45) is 1.66. The molecule has 0 radical (unpaired) electrons. The first-order chi connectivity index (χ1) is 2.91. The number of hydrogen-bond acceptors (Lipinski definition) is 2. The first kappa shape index (κ1) is 5.66. The van der Waals surface area contributed by atoms with Crippen LogP contribution in [-0.2, 0) is 4.74 Å². The molecule has 0 aliphatic heterocycles. The summed E-state index contributed by atoms with van der Waals surface area (Å²) in [7, 11) is 0. The van der Waals surface area contributed by atoms with Crippen LogP contribution in [0.4, 0.5) is 0 Å². The molecule has 2 N–H and O–H groups in total. The first-order valence-corrected chi connectivity index (χ1v) is 1.80. The number of rotatable bonds is 3. The molecule has 0 amide bonds. The second-order valence-electron chi connectivity index (χ2n) is 0.826. The number of hydrogen-bond donors (Lipinski definition) is 1. The topological polar surface area (TPSA) is 35.2 Å². The molecule has 0 aromatic heterocycles. The highest BCUT2D eigenvalue weighted by Gasteiger charge is 1.67. The predicted octanol–water partition coefficient (Wildman–Crippen LogP) is 0.105. The summed E-state index contributed by atoms with van der Waals surface area (Å²) in [5.41, 5.74) is 4.94. The second kappa shape index (κ2) is 4.66. The van der Waals surface area contributed by atoms with Crippen LogP contribution >= 0.6 is 0 Å². The van der Waals surface area contributed by atoms with E-state index in [4.69, 9.17) is 5.73 Å². The van der Waals surface area contributed by atoms with Crippen molar-refractivity contribution in [3.05, 3.63) is 12.7 Å². The highest BCUT2D eigenvalue weighted by atomic mass is 16.5. The van der Waals surface area contributed by atoms with Gasteiger partial charge in [0.2, 0.25) is 0 Å². The van der Waals surface area contributed by atoms with Gasteiger partial charge in [0, 0.05) is 0 Å². The second-order valence-corrected chi connectivity index (χ2v) is 0.826. The fraction of sp³-hybridized carbons (Fsp3) is 0.500. The molecule has 0 rings (SSSR count). The van der Waals surface area contributed by atoms with Crippen molar-refractivity contribution >= 4 is 0 Å². The minimum absolute atomic E-state index is 0.284. The summed E-state index contributed by atoms with van der Waals surface area (Å²) in [6.45, 7) is 4.25. The van der Waals surface area contributed by atoms with Crippen molar-refractivity contribution in [1.82, 2.24) is 0 Å². The Labute approximate surface area is 37.6 Å². The van der Waals surface area contributed by atoms with Crippen molar-refractivity contribution in [2.24, 2.45) is 5.73 Å². The lowest BCUT2D eigenvalue weighted by Gasteiger charge is -1.88. The van der Waals surface area contributed by atoms with Crippen molar-refractivity contribution in [2.75, 3.05) is 13.3 Å². The minimum Gasteiger partial charge on any atom is -0.362 e. The van der Waals surface area contributed by atoms with E-state index in [1.807, 2.05) is 0 Å². The highest BCUT2D eigenvalue weighted by Crippen LogP contribution is 1.64. The Hall–Kier alpha value is -0.340. The molecule has 6 heavy (non-hydrogen) atoms. The number of nitrogens with two attached hydrogens (primary N) is 1. The quantitative estimate of drug-likeness (QED) is 0.301. The lowest BCUT2D eigenvalue weighted by molar-refractivity contribution is 0.170. The van der Waals surface area contributed by atoms with Crippen LogP contribution in [0.5, 0.6) is 0 Å². The fourth-order valence-corrected chi connectivity index (χ4v) is 0.151. The lowest BCUT2D eigenvalue weighted by atomic mass is 10.7. The standard InChI is InChI=1S/C4H9NO/c1-2-3-6-4-5/h2H,1,3-5H2. The molecule has 0 fully saturated rings. The monoisotopic (exact) mass is 87.1 g/mol. The Bertz CT molecular complexity index is 36.5. The molecule has 0 saturated carbocycles. The zero-order valence-electron chi connectivity index (χ0n) is 3.68. The lowest BCUT2D eigenvalue weighted by Crippen LogP contribution is -2.03. The molecule has 0 spiro atoms. The van der Waals surface area contributed by atoms with Gasteiger partial charge in [-0.2, -0.15) is 0 Å². The van der Waals surface area contributed by atoms with Crippen LogP contribution in [0.3, 0.4) is 0 Å². The van der Waals surface area contributed by atoms with Crippen LogP contribution in [0.2, 0.25) is 0 Å². The predicted molar refractivity (Wildman–Crippen MR) is 25.2 cm³/mol. The van der Waals surface area contributed by atoms with E-state index in [0.29, 0.717) is 6.61 Å². The van der Waals surface area contributed by atoms with Crippen molar-refractivity contribution in [2.45, 2.75) is 0 Å². The van der Waals surface area contributed by atoms with E-state index in [1.54, 1.807) is 6.08 Å². The van der Waals surface area contributed by atoms with Crippen LogP contribution in [0.15, 0.2) is 12.7 Å². The van der Waals surface area contributed by atoms with Gasteiger partial charge in [-0.1, -0.05) is 6.08 Å². The molecule has 0 aromatic carbocycles. The maximum Gasteiger partial charge on any atom is 0.0944 e. The van der Waals surface area contributed by atoms with Crippen molar-refractivity contribution < 1.29 is 4.74 Å². The van der Waals surface area contributed by atoms with Gasteiger partial charge < -0.3 is 10.5 Å². The van der Waals surface area contributed by atoms with Crippen molar-refractivity contribution in [1.29, 1.82) is 0 Å². The van der Waals surface area contributed by atoms with Gasteiger partial charge in [-0.05, 0) is 0 Å². The van der Waals surface area contributed by atoms with Crippen molar-refractivity contribution in [3.8, 4) is 0 Å². The Morgan fingerprint density at radius 1 is 1.83 bits per heavy atom. The van der Waals surface area contributed by atoms with Crippen LogP contribution in [0, 0.1) is 0 Å². The molecule has 0 aromatic rings. The molecule has 0 atom stereocenters. The Morgan fingerprint density at radius 3 is 2.67 bits per heavy atom. The summed E-state index contributed by atoms with van der Waals surface area (Å²) in [5.74, 6) is 0. The van der Waals surface area contributed by atoms with E-state index in [1.165, 1.54) is 0 Å². The Kier molecular flexibility index (Phi) is 4.40. The summed E-state index contributed by atoms with van der Waals surface area (Å²) in [6, 6.07) is 0. The number of ether oxygens (including phenoxy) is 1. The van der Waals surface area contributed by atoms with Gasteiger partial charge >= 0.3 is 0 Å².